The molecular weight excluding hydrogens is 390 g/mol. The first-order valence-corrected chi connectivity index (χ1v) is 11.7. The van der Waals surface area contributed by atoms with Crippen LogP contribution in [0.15, 0.2) is 48.5 Å². The van der Waals surface area contributed by atoms with Crippen LogP contribution in [0.25, 0.3) is 0 Å². The number of benzene rings is 2. The van der Waals surface area contributed by atoms with Gasteiger partial charge in [0.15, 0.2) is 0 Å². The number of nitrogens with zero attached hydrogens (tertiary/aromatic N) is 2. The van der Waals surface area contributed by atoms with Crippen molar-refractivity contribution in [3.05, 3.63) is 54.1 Å². The Labute approximate surface area is 172 Å². The van der Waals surface area contributed by atoms with Crippen LogP contribution in [0, 0.1) is 0 Å². The second-order valence-electron chi connectivity index (χ2n) is 7.47. The van der Waals surface area contributed by atoms with Crippen LogP contribution < -0.4 is 9.62 Å². The Kier molecular flexibility index (Phi) is 7.00. The number of piperazine rings is 1. The lowest BCUT2D eigenvalue weighted by molar-refractivity contribution is 0.154. The van der Waals surface area contributed by atoms with E-state index in [0.29, 0.717) is 12.0 Å². The van der Waals surface area contributed by atoms with Crippen molar-refractivity contribution in [2.45, 2.75) is 18.9 Å². The summed E-state index contributed by atoms with van der Waals surface area (Å²) in [5.41, 5.74) is 1.93. The molecule has 29 heavy (non-hydrogen) atoms. The summed E-state index contributed by atoms with van der Waals surface area (Å²) in [6.07, 6.45) is 1.72. The fraction of sp³-hybridized carbons (Fsp3) is 0.429. The van der Waals surface area contributed by atoms with Crippen LogP contribution in [0.3, 0.4) is 0 Å². The Balaban J connectivity index is 1.46. The normalized spacial score (nSPS) is 16.6. The second kappa shape index (κ2) is 9.47. The number of nitrogens with one attached hydrogen (secondary N) is 1. The van der Waals surface area contributed by atoms with E-state index in [2.05, 4.69) is 38.8 Å². The van der Waals surface area contributed by atoms with Crippen LogP contribution in [0.1, 0.15) is 24.5 Å². The van der Waals surface area contributed by atoms with Gasteiger partial charge in [0.1, 0.15) is 5.75 Å². The van der Waals surface area contributed by atoms with E-state index in [1.165, 1.54) is 17.8 Å². The zero-order valence-corrected chi connectivity index (χ0v) is 17.5. The Morgan fingerprint density at radius 1 is 1.07 bits per heavy atom. The van der Waals surface area contributed by atoms with Crippen molar-refractivity contribution < 1.29 is 18.6 Å². The standard InChI is InChI=1S/C21H29N3O4S/c1-29(27,28)22-19-16-17(9-10-21(19)26)20(25)8-5-11-23-12-14-24(15-13-23)18-6-3-2-4-7-18/h2-4,6-7,9-10,16,20,22,25-26H,5,8,11-15H2,1H3. The summed E-state index contributed by atoms with van der Waals surface area (Å²) in [4.78, 5) is 4.79. The molecule has 0 bridgehead atoms. The Morgan fingerprint density at radius 3 is 2.41 bits per heavy atom. The quantitative estimate of drug-likeness (QED) is 0.569. The minimum Gasteiger partial charge on any atom is -0.506 e. The van der Waals surface area contributed by atoms with Gasteiger partial charge in [-0.2, -0.15) is 0 Å². The lowest BCUT2D eigenvalue weighted by Crippen LogP contribution is -2.46. The fourth-order valence-electron chi connectivity index (χ4n) is 3.59. The summed E-state index contributed by atoms with van der Waals surface area (Å²) < 4.78 is 25.1. The molecule has 1 fully saturated rings. The topological polar surface area (TPSA) is 93.1 Å². The van der Waals surface area contributed by atoms with E-state index in [1.54, 1.807) is 6.07 Å². The van der Waals surface area contributed by atoms with Gasteiger partial charge in [0.25, 0.3) is 0 Å². The van der Waals surface area contributed by atoms with Gasteiger partial charge in [0.05, 0.1) is 18.0 Å². The first kappa shape index (κ1) is 21.4. The molecule has 0 spiro atoms. The number of aromatic hydroxyl groups is 1. The van der Waals surface area contributed by atoms with Gasteiger partial charge >= 0.3 is 0 Å². The summed E-state index contributed by atoms with van der Waals surface area (Å²) in [6, 6.07) is 14.9. The van der Waals surface area contributed by atoms with Crippen molar-refractivity contribution in [2.75, 3.05) is 48.6 Å². The summed E-state index contributed by atoms with van der Waals surface area (Å²) in [7, 11) is -3.50. The number of hydrogen-bond donors (Lipinski definition) is 3. The average molecular weight is 420 g/mol. The third-order valence-corrected chi connectivity index (χ3v) is 5.74. The SMILES string of the molecule is CS(=O)(=O)Nc1cc(C(O)CCCN2CCN(c3ccccc3)CC2)ccc1O. The van der Waals surface area contributed by atoms with Crippen LogP contribution >= 0.6 is 0 Å². The van der Waals surface area contributed by atoms with Crippen LogP contribution in [0.2, 0.25) is 0 Å². The third kappa shape index (κ3) is 6.35. The number of aliphatic hydroxyl groups excluding tert-OH is 1. The molecule has 2 aromatic rings. The van der Waals surface area contributed by atoms with E-state index in [9.17, 15) is 18.6 Å². The van der Waals surface area contributed by atoms with Crippen molar-refractivity contribution in [1.29, 1.82) is 0 Å². The molecule has 1 heterocycles. The smallest absolute Gasteiger partial charge is 0.229 e. The molecule has 2 aromatic carbocycles. The predicted molar refractivity (Wildman–Crippen MR) is 116 cm³/mol. The molecule has 1 aliphatic rings. The maximum atomic E-state index is 11.4. The van der Waals surface area contributed by atoms with Crippen molar-refractivity contribution in [3.8, 4) is 5.75 Å². The van der Waals surface area contributed by atoms with E-state index in [-0.39, 0.29) is 11.4 Å². The average Bonchev–Trinajstić information content (AvgIpc) is 2.70. The van der Waals surface area contributed by atoms with Gasteiger partial charge in [-0.1, -0.05) is 24.3 Å². The maximum absolute atomic E-state index is 11.4. The number of aliphatic hydroxyl groups is 1. The number of phenolic OH excluding ortho intramolecular Hbond substituents is 1. The van der Waals surface area contributed by atoms with Crippen LogP contribution in [0.5, 0.6) is 5.75 Å². The highest BCUT2D eigenvalue weighted by Crippen LogP contribution is 2.29. The number of rotatable bonds is 8. The number of sulfonamides is 1. The molecule has 1 unspecified atom stereocenters. The molecule has 1 aliphatic heterocycles. The predicted octanol–water partition coefficient (Wildman–Crippen LogP) is 2.40. The molecular formula is C21H29N3O4S. The van der Waals surface area contributed by atoms with Crippen molar-refractivity contribution in [1.82, 2.24) is 4.90 Å². The molecule has 1 saturated heterocycles. The Hall–Kier alpha value is -2.29. The van der Waals surface area contributed by atoms with Crippen LogP contribution in [0.4, 0.5) is 11.4 Å². The largest absolute Gasteiger partial charge is 0.506 e. The van der Waals surface area contributed by atoms with Crippen molar-refractivity contribution in [2.24, 2.45) is 0 Å². The van der Waals surface area contributed by atoms with Gasteiger partial charge in [-0.05, 0) is 49.2 Å². The summed E-state index contributed by atoms with van der Waals surface area (Å²) in [6.45, 7) is 4.88. The molecule has 0 amide bonds. The number of phenols is 1. The highest BCUT2D eigenvalue weighted by Gasteiger charge is 2.18. The summed E-state index contributed by atoms with van der Waals surface area (Å²) in [5, 5.41) is 20.3. The monoisotopic (exact) mass is 419 g/mol. The minimum atomic E-state index is -3.50. The number of para-hydroxylation sites is 1. The van der Waals surface area contributed by atoms with Gasteiger partial charge in [-0.15, -0.1) is 0 Å². The van der Waals surface area contributed by atoms with E-state index in [1.807, 2.05) is 6.07 Å². The zero-order chi connectivity index (χ0) is 20.9. The molecule has 3 rings (SSSR count). The first-order valence-electron chi connectivity index (χ1n) is 9.83. The van der Waals surface area contributed by atoms with E-state index < -0.39 is 16.1 Å². The number of anilines is 2. The molecule has 0 radical (unpaired) electrons. The van der Waals surface area contributed by atoms with Gasteiger partial charge in [0.2, 0.25) is 10.0 Å². The molecule has 3 N–H and O–H groups in total. The fourth-order valence-corrected chi connectivity index (χ4v) is 4.15. The molecule has 158 valence electrons. The molecule has 8 heteroatoms. The van der Waals surface area contributed by atoms with Gasteiger partial charge in [-0.25, -0.2) is 8.42 Å². The molecule has 7 nitrogen and oxygen atoms in total. The van der Waals surface area contributed by atoms with Crippen LogP contribution in [-0.2, 0) is 10.0 Å². The third-order valence-electron chi connectivity index (χ3n) is 5.15. The Morgan fingerprint density at radius 2 is 1.76 bits per heavy atom. The van der Waals surface area contributed by atoms with Gasteiger partial charge in [0, 0.05) is 31.9 Å². The van der Waals surface area contributed by atoms with E-state index in [0.717, 1.165) is 45.4 Å². The van der Waals surface area contributed by atoms with Crippen molar-refractivity contribution in [3.63, 3.8) is 0 Å². The molecule has 0 aromatic heterocycles. The lowest BCUT2D eigenvalue weighted by atomic mass is 10.0. The highest BCUT2D eigenvalue weighted by atomic mass is 32.2. The highest BCUT2D eigenvalue weighted by molar-refractivity contribution is 7.92. The molecule has 1 atom stereocenters. The van der Waals surface area contributed by atoms with Crippen LogP contribution in [-0.4, -0.2) is 62.5 Å². The van der Waals surface area contributed by atoms with Crippen molar-refractivity contribution >= 4 is 21.4 Å². The van der Waals surface area contributed by atoms with E-state index >= 15 is 0 Å². The second-order valence-corrected chi connectivity index (χ2v) is 9.22. The summed E-state index contributed by atoms with van der Waals surface area (Å²) in [5.74, 6) is -0.164. The maximum Gasteiger partial charge on any atom is 0.229 e. The van der Waals surface area contributed by atoms with Gasteiger partial charge < -0.3 is 15.1 Å². The minimum absolute atomic E-state index is 0.0843. The number of hydrogen-bond acceptors (Lipinski definition) is 6. The lowest BCUT2D eigenvalue weighted by Gasteiger charge is -2.36. The Bertz CT molecular complexity index is 897. The van der Waals surface area contributed by atoms with E-state index in [4.69, 9.17) is 0 Å². The first-order chi connectivity index (χ1) is 13.8. The molecule has 0 saturated carbocycles. The zero-order valence-electron chi connectivity index (χ0n) is 16.7. The van der Waals surface area contributed by atoms with Gasteiger partial charge in [-0.3, -0.25) is 9.62 Å². The molecule has 0 aliphatic carbocycles. The summed E-state index contributed by atoms with van der Waals surface area (Å²) >= 11 is 0.